The van der Waals surface area contributed by atoms with Gasteiger partial charge in [-0.1, -0.05) is 66.2 Å². The average molecular weight is 623 g/mol. The van der Waals surface area contributed by atoms with Crippen LogP contribution in [0.4, 0.5) is 11.4 Å². The fourth-order valence-electron chi connectivity index (χ4n) is 5.93. The molecule has 3 aromatic carbocycles. The molecule has 0 saturated carbocycles. The van der Waals surface area contributed by atoms with Gasteiger partial charge in [-0.2, -0.15) is 0 Å². The van der Waals surface area contributed by atoms with Crippen molar-refractivity contribution in [1.29, 1.82) is 0 Å². The molecule has 1 saturated heterocycles. The van der Waals surface area contributed by atoms with Gasteiger partial charge in [-0.3, -0.25) is 19.4 Å². The van der Waals surface area contributed by atoms with Crippen LogP contribution in [0.25, 0.3) is 0 Å². The Bertz CT molecular complexity index is 1680. The normalized spacial score (nSPS) is 16.8. The van der Waals surface area contributed by atoms with Crippen LogP contribution < -0.4 is 20.9 Å². The number of hydrogen-bond donors (Lipinski definition) is 3. The number of nitrogens with zero attached hydrogens (tertiary/aromatic N) is 3. The maximum atomic E-state index is 14.0. The Kier molecular flexibility index (Phi) is 9.38. The second-order valence-electron chi connectivity index (χ2n) is 11.3. The van der Waals surface area contributed by atoms with Gasteiger partial charge in [-0.25, -0.2) is 0 Å². The summed E-state index contributed by atoms with van der Waals surface area (Å²) < 4.78 is 0. The van der Waals surface area contributed by atoms with Gasteiger partial charge >= 0.3 is 0 Å². The molecule has 1 aromatic heterocycles. The third-order valence-electron chi connectivity index (χ3n) is 8.40. The molecule has 9 nitrogen and oxygen atoms in total. The molecule has 6 rings (SSSR count). The van der Waals surface area contributed by atoms with E-state index in [9.17, 15) is 14.4 Å². The number of rotatable bonds is 8. The lowest BCUT2D eigenvalue weighted by Crippen LogP contribution is -2.58. The summed E-state index contributed by atoms with van der Waals surface area (Å²) in [4.78, 5) is 48.4. The van der Waals surface area contributed by atoms with E-state index >= 15 is 0 Å². The monoisotopic (exact) mass is 622 g/mol. The van der Waals surface area contributed by atoms with Gasteiger partial charge in [0.05, 0.1) is 23.0 Å². The summed E-state index contributed by atoms with van der Waals surface area (Å²) in [5.74, 6) is -0.581. The predicted octanol–water partition coefficient (Wildman–Crippen LogP) is 4.08. The van der Waals surface area contributed by atoms with Crippen molar-refractivity contribution in [3.05, 3.63) is 125 Å². The first-order valence-electron chi connectivity index (χ1n) is 15.1. The quantitative estimate of drug-likeness (QED) is 0.274. The summed E-state index contributed by atoms with van der Waals surface area (Å²) >= 11 is 6.49. The molecule has 0 aliphatic carbocycles. The van der Waals surface area contributed by atoms with Crippen LogP contribution in [0.1, 0.15) is 27.0 Å². The Hall–Kier alpha value is -4.73. The number of amides is 3. The van der Waals surface area contributed by atoms with Gasteiger partial charge in [0, 0.05) is 56.6 Å². The molecule has 230 valence electrons. The average Bonchev–Trinajstić information content (AvgIpc) is 3.09. The van der Waals surface area contributed by atoms with Crippen LogP contribution in [0.3, 0.4) is 0 Å². The van der Waals surface area contributed by atoms with Crippen molar-refractivity contribution in [2.75, 3.05) is 36.4 Å². The molecular weight excluding hydrogens is 588 g/mol. The van der Waals surface area contributed by atoms with Crippen molar-refractivity contribution in [3.8, 4) is 0 Å². The molecule has 0 bridgehead atoms. The van der Waals surface area contributed by atoms with Gasteiger partial charge in [0.15, 0.2) is 0 Å². The van der Waals surface area contributed by atoms with Crippen molar-refractivity contribution in [1.82, 2.24) is 20.5 Å². The molecule has 4 aromatic rings. The van der Waals surface area contributed by atoms with E-state index in [2.05, 4.69) is 31.9 Å². The molecule has 45 heavy (non-hydrogen) atoms. The van der Waals surface area contributed by atoms with Gasteiger partial charge in [0.2, 0.25) is 11.8 Å². The lowest BCUT2D eigenvalue weighted by atomic mass is 9.95. The Balaban J connectivity index is 1.13. The summed E-state index contributed by atoms with van der Waals surface area (Å²) in [6, 6.07) is 25.4. The highest BCUT2D eigenvalue weighted by molar-refractivity contribution is 6.31. The van der Waals surface area contributed by atoms with Crippen LogP contribution in [0.5, 0.6) is 0 Å². The van der Waals surface area contributed by atoms with E-state index in [0.29, 0.717) is 55.4 Å². The SMILES string of the molecule is O=C(Nc1ccccc1N1CCN(C(=O)[C@@H](Cc2ccccc2Cl)NC(=O)[C@@H]2Cc3ccccc3CN2)CC1)c1cccnc1. The maximum absolute atomic E-state index is 14.0. The zero-order chi connectivity index (χ0) is 31.2. The molecule has 3 N–H and O–H groups in total. The smallest absolute Gasteiger partial charge is 0.257 e. The molecule has 10 heteroatoms. The summed E-state index contributed by atoms with van der Waals surface area (Å²) in [7, 11) is 0. The Morgan fingerprint density at radius 3 is 2.40 bits per heavy atom. The molecule has 3 amide bonds. The molecule has 2 aliphatic rings. The molecule has 1 fully saturated rings. The van der Waals surface area contributed by atoms with E-state index in [-0.39, 0.29) is 24.1 Å². The number of carbonyl (C=O) groups is 3. The van der Waals surface area contributed by atoms with Crippen LogP contribution in [-0.4, -0.2) is 65.9 Å². The minimum absolute atomic E-state index is 0.141. The summed E-state index contributed by atoms with van der Waals surface area (Å²) in [6.45, 7) is 2.67. The number of carbonyl (C=O) groups excluding carboxylic acids is 3. The first-order chi connectivity index (χ1) is 22.0. The Morgan fingerprint density at radius 2 is 1.62 bits per heavy atom. The van der Waals surface area contributed by atoms with Gasteiger partial charge in [0.25, 0.3) is 5.91 Å². The maximum Gasteiger partial charge on any atom is 0.257 e. The third kappa shape index (κ3) is 7.16. The number of pyridine rings is 1. The van der Waals surface area contributed by atoms with Crippen molar-refractivity contribution < 1.29 is 14.4 Å². The van der Waals surface area contributed by atoms with E-state index in [0.717, 1.165) is 16.8 Å². The summed E-state index contributed by atoms with van der Waals surface area (Å²) in [6.07, 6.45) is 4.01. The third-order valence-corrected chi connectivity index (χ3v) is 8.77. The van der Waals surface area contributed by atoms with Crippen LogP contribution in [-0.2, 0) is 29.0 Å². The number of benzene rings is 3. The van der Waals surface area contributed by atoms with Gasteiger partial charge in [-0.05, 0) is 53.4 Å². The lowest BCUT2D eigenvalue weighted by molar-refractivity contribution is -0.137. The van der Waals surface area contributed by atoms with E-state index in [4.69, 9.17) is 11.6 Å². The molecule has 0 radical (unpaired) electrons. The van der Waals surface area contributed by atoms with Crippen LogP contribution in [0, 0.1) is 0 Å². The van der Waals surface area contributed by atoms with Gasteiger partial charge < -0.3 is 25.8 Å². The topological polar surface area (TPSA) is 107 Å². The van der Waals surface area contributed by atoms with Crippen molar-refractivity contribution >= 4 is 40.7 Å². The number of piperazine rings is 1. The number of hydrogen-bond acceptors (Lipinski definition) is 6. The zero-order valence-electron chi connectivity index (χ0n) is 24.8. The minimum Gasteiger partial charge on any atom is -0.366 e. The van der Waals surface area contributed by atoms with Crippen molar-refractivity contribution in [3.63, 3.8) is 0 Å². The minimum atomic E-state index is -0.769. The number of nitrogens with one attached hydrogen (secondary N) is 3. The highest BCUT2D eigenvalue weighted by atomic mass is 35.5. The number of fused-ring (bicyclic) bond motifs is 1. The highest BCUT2D eigenvalue weighted by Gasteiger charge is 2.32. The van der Waals surface area contributed by atoms with E-state index < -0.39 is 12.1 Å². The number of anilines is 2. The second kappa shape index (κ2) is 13.9. The fraction of sp³-hybridized carbons (Fsp3) is 0.257. The zero-order valence-corrected chi connectivity index (χ0v) is 25.5. The predicted molar refractivity (Wildman–Crippen MR) is 175 cm³/mol. The second-order valence-corrected chi connectivity index (χ2v) is 11.7. The van der Waals surface area contributed by atoms with Gasteiger partial charge in [0.1, 0.15) is 6.04 Å². The molecule has 0 unspecified atom stereocenters. The molecule has 2 atom stereocenters. The van der Waals surface area contributed by atoms with Crippen LogP contribution in [0.2, 0.25) is 5.02 Å². The first-order valence-corrected chi connectivity index (χ1v) is 15.5. The number of halogens is 1. The lowest BCUT2D eigenvalue weighted by Gasteiger charge is -2.38. The molecule has 3 heterocycles. The Labute approximate surface area is 267 Å². The Morgan fingerprint density at radius 1 is 0.889 bits per heavy atom. The van der Waals surface area contributed by atoms with E-state index in [1.165, 1.54) is 11.8 Å². The van der Waals surface area contributed by atoms with Crippen molar-refractivity contribution in [2.45, 2.75) is 31.5 Å². The standard InChI is InChI=1S/C35H35ClN6O3/c36-28-12-4-3-9-25(28)21-31(40-34(44)30-20-24-8-1-2-10-26(24)23-38-30)35(45)42-18-16-41(17-19-42)32-14-6-5-13-29(32)39-33(43)27-11-7-15-37-22-27/h1-15,22,30-31,38H,16-21,23H2,(H,39,43)(H,40,44)/t30-,31+/m0/s1. The first kappa shape index (κ1) is 30.3. The highest BCUT2D eigenvalue weighted by Crippen LogP contribution is 2.28. The van der Waals surface area contributed by atoms with E-state index in [1.54, 1.807) is 29.3 Å². The summed E-state index contributed by atoms with van der Waals surface area (Å²) in [5, 5.41) is 9.95. The van der Waals surface area contributed by atoms with Crippen molar-refractivity contribution in [2.24, 2.45) is 0 Å². The van der Waals surface area contributed by atoms with Crippen LogP contribution in [0.15, 0.2) is 97.3 Å². The van der Waals surface area contributed by atoms with Crippen LogP contribution >= 0.6 is 11.6 Å². The fourth-order valence-corrected chi connectivity index (χ4v) is 6.14. The van der Waals surface area contributed by atoms with E-state index in [1.807, 2.05) is 60.7 Å². The van der Waals surface area contributed by atoms with Gasteiger partial charge in [-0.15, -0.1) is 0 Å². The molecular formula is C35H35ClN6O3. The molecule has 2 aliphatic heterocycles. The number of para-hydroxylation sites is 2. The largest absolute Gasteiger partial charge is 0.366 e. The molecule has 0 spiro atoms. The number of aromatic nitrogens is 1. The summed E-state index contributed by atoms with van der Waals surface area (Å²) in [5.41, 5.74) is 5.17.